The molecule has 138 valence electrons. The third-order valence-electron chi connectivity index (χ3n) is 3.13. The molecule has 0 saturated heterocycles. The number of rotatable bonds is 6. The Hall–Kier alpha value is -2.81. The molecule has 0 atom stereocenters. The number of hydrogen-bond donors (Lipinski definition) is 1. The van der Waals surface area contributed by atoms with Gasteiger partial charge in [-0.3, -0.25) is 4.79 Å². The van der Waals surface area contributed by atoms with Crippen molar-refractivity contribution in [3.8, 4) is 0 Å². The van der Waals surface area contributed by atoms with Gasteiger partial charge in [-0.2, -0.15) is 0 Å². The van der Waals surface area contributed by atoms with E-state index in [2.05, 4.69) is 5.32 Å². The molecule has 9 heteroatoms. The first-order chi connectivity index (χ1) is 12.1. The second kappa shape index (κ2) is 8.05. The molecule has 0 bridgehead atoms. The number of esters is 1. The van der Waals surface area contributed by atoms with E-state index in [0.29, 0.717) is 11.6 Å². The number of carbonyl (C=O) groups is 2. The van der Waals surface area contributed by atoms with Crippen LogP contribution in [0.3, 0.4) is 0 Å². The maximum Gasteiger partial charge on any atom is 0.338 e. The molecule has 0 aliphatic rings. The van der Waals surface area contributed by atoms with Gasteiger partial charge in [0, 0.05) is 12.3 Å². The highest BCUT2D eigenvalue weighted by Crippen LogP contribution is 2.15. The van der Waals surface area contributed by atoms with Gasteiger partial charge in [-0.1, -0.05) is 12.1 Å². The lowest BCUT2D eigenvalue weighted by molar-refractivity contribution is -0.119. The van der Waals surface area contributed by atoms with Crippen LogP contribution < -0.4 is 5.32 Å². The van der Waals surface area contributed by atoms with Crippen LogP contribution in [0.15, 0.2) is 42.5 Å². The maximum absolute atomic E-state index is 13.4. The van der Waals surface area contributed by atoms with Gasteiger partial charge in [0.15, 0.2) is 16.4 Å². The van der Waals surface area contributed by atoms with Crippen LogP contribution in [-0.2, 0) is 25.1 Å². The van der Waals surface area contributed by atoms with E-state index >= 15 is 0 Å². The Bertz CT molecular complexity index is 944. The van der Waals surface area contributed by atoms with Crippen molar-refractivity contribution in [2.24, 2.45) is 0 Å². The number of ether oxygens (including phenoxy) is 1. The lowest BCUT2D eigenvalue weighted by Crippen LogP contribution is -2.21. The monoisotopic (exact) mass is 383 g/mol. The number of sulfone groups is 1. The third kappa shape index (κ3) is 5.92. The first-order valence-electron chi connectivity index (χ1n) is 7.33. The Balaban J connectivity index is 1.95. The number of amides is 1. The van der Waals surface area contributed by atoms with Gasteiger partial charge in [0.25, 0.3) is 5.91 Å². The summed E-state index contributed by atoms with van der Waals surface area (Å²) < 4.78 is 53.7. The van der Waals surface area contributed by atoms with E-state index in [1.165, 1.54) is 18.2 Å². The average molecular weight is 383 g/mol. The minimum atomic E-state index is -3.27. The molecule has 0 spiro atoms. The molecule has 1 amide bonds. The summed E-state index contributed by atoms with van der Waals surface area (Å²) in [4.78, 5) is 23.7. The van der Waals surface area contributed by atoms with Crippen molar-refractivity contribution in [1.82, 2.24) is 0 Å². The topological polar surface area (TPSA) is 89.5 Å². The summed E-state index contributed by atoms with van der Waals surface area (Å²) in [6.07, 6.45) is 1.07. The van der Waals surface area contributed by atoms with Crippen LogP contribution in [0.2, 0.25) is 0 Å². The predicted molar refractivity (Wildman–Crippen MR) is 90.3 cm³/mol. The maximum atomic E-state index is 13.4. The summed E-state index contributed by atoms with van der Waals surface area (Å²) in [7, 11) is -3.27. The Morgan fingerprint density at radius 1 is 1.12 bits per heavy atom. The van der Waals surface area contributed by atoms with Gasteiger partial charge in [0.1, 0.15) is 11.6 Å². The van der Waals surface area contributed by atoms with Crippen molar-refractivity contribution in [2.45, 2.75) is 5.75 Å². The van der Waals surface area contributed by atoms with Crippen molar-refractivity contribution >= 4 is 27.4 Å². The fraction of sp³-hybridized carbons (Fsp3) is 0.176. The van der Waals surface area contributed by atoms with Gasteiger partial charge in [0.2, 0.25) is 0 Å². The zero-order valence-electron chi connectivity index (χ0n) is 13.7. The average Bonchev–Trinajstić information content (AvgIpc) is 2.54. The van der Waals surface area contributed by atoms with E-state index in [4.69, 9.17) is 4.74 Å². The van der Waals surface area contributed by atoms with E-state index < -0.39 is 40.0 Å². The summed E-state index contributed by atoms with van der Waals surface area (Å²) >= 11 is 0. The van der Waals surface area contributed by atoms with Gasteiger partial charge in [-0.15, -0.1) is 0 Å². The van der Waals surface area contributed by atoms with Crippen molar-refractivity contribution < 1.29 is 31.5 Å². The zero-order chi connectivity index (χ0) is 19.3. The lowest BCUT2D eigenvalue weighted by Gasteiger charge is -2.08. The minimum absolute atomic E-state index is 0.0758. The SMILES string of the molecule is CS(=O)(=O)Cc1cccc(C(=O)OCC(=O)Nc2ccc(F)cc2F)c1. The molecule has 0 fully saturated rings. The normalized spacial score (nSPS) is 11.0. The summed E-state index contributed by atoms with van der Waals surface area (Å²) in [6, 6.07) is 8.41. The summed E-state index contributed by atoms with van der Waals surface area (Å²) in [6.45, 7) is -0.689. The number of nitrogens with one attached hydrogen (secondary N) is 1. The van der Waals surface area contributed by atoms with Gasteiger partial charge < -0.3 is 10.1 Å². The first kappa shape index (κ1) is 19.5. The molecule has 0 aliphatic heterocycles. The van der Waals surface area contributed by atoms with Crippen LogP contribution in [0.1, 0.15) is 15.9 Å². The lowest BCUT2D eigenvalue weighted by atomic mass is 10.1. The summed E-state index contributed by atoms with van der Waals surface area (Å²) in [5, 5.41) is 2.15. The van der Waals surface area contributed by atoms with Crippen molar-refractivity contribution in [1.29, 1.82) is 0 Å². The van der Waals surface area contributed by atoms with Gasteiger partial charge in [-0.05, 0) is 29.8 Å². The van der Waals surface area contributed by atoms with Crippen LogP contribution in [0.4, 0.5) is 14.5 Å². The molecule has 0 aliphatic carbocycles. The number of hydrogen-bond acceptors (Lipinski definition) is 5. The fourth-order valence-corrected chi connectivity index (χ4v) is 2.87. The quantitative estimate of drug-likeness (QED) is 0.773. The van der Waals surface area contributed by atoms with E-state index in [1.807, 2.05) is 0 Å². The highest BCUT2D eigenvalue weighted by Gasteiger charge is 2.14. The van der Waals surface area contributed by atoms with E-state index in [0.717, 1.165) is 18.4 Å². The molecule has 0 heterocycles. The number of carbonyl (C=O) groups excluding carboxylic acids is 2. The molecule has 0 aromatic heterocycles. The van der Waals surface area contributed by atoms with Crippen LogP contribution in [0, 0.1) is 11.6 Å². The Kier molecular flexibility index (Phi) is 6.04. The highest BCUT2D eigenvalue weighted by atomic mass is 32.2. The molecular weight excluding hydrogens is 368 g/mol. The van der Waals surface area contributed by atoms with Crippen LogP contribution >= 0.6 is 0 Å². The van der Waals surface area contributed by atoms with Gasteiger partial charge >= 0.3 is 5.97 Å². The number of benzene rings is 2. The minimum Gasteiger partial charge on any atom is -0.452 e. The largest absolute Gasteiger partial charge is 0.452 e. The molecule has 2 aromatic carbocycles. The van der Waals surface area contributed by atoms with Crippen molar-refractivity contribution in [3.63, 3.8) is 0 Å². The highest BCUT2D eigenvalue weighted by molar-refractivity contribution is 7.89. The first-order valence-corrected chi connectivity index (χ1v) is 9.39. The predicted octanol–water partition coefficient (Wildman–Crippen LogP) is 2.30. The second-order valence-electron chi connectivity index (χ2n) is 5.52. The standard InChI is InChI=1S/C17H15F2NO5S/c1-26(23,24)10-11-3-2-4-12(7-11)17(22)25-9-16(21)20-15-6-5-13(18)8-14(15)19/h2-8H,9-10H2,1H3,(H,20,21). The van der Waals surface area contributed by atoms with Crippen LogP contribution in [0.5, 0.6) is 0 Å². The Labute approximate surface area is 148 Å². The van der Waals surface area contributed by atoms with E-state index in [-0.39, 0.29) is 17.0 Å². The molecule has 0 saturated carbocycles. The molecule has 6 nitrogen and oxygen atoms in total. The zero-order valence-corrected chi connectivity index (χ0v) is 14.5. The fourth-order valence-electron chi connectivity index (χ4n) is 2.08. The molecule has 2 aromatic rings. The molecule has 26 heavy (non-hydrogen) atoms. The van der Waals surface area contributed by atoms with E-state index in [1.54, 1.807) is 6.07 Å². The molecule has 0 unspecified atom stereocenters. The molecular formula is C17H15F2NO5S. The second-order valence-corrected chi connectivity index (χ2v) is 7.66. The third-order valence-corrected chi connectivity index (χ3v) is 3.99. The summed E-state index contributed by atoms with van der Waals surface area (Å²) in [5.41, 5.74) is 0.231. The van der Waals surface area contributed by atoms with E-state index in [9.17, 15) is 26.8 Å². The Morgan fingerprint density at radius 2 is 1.85 bits per heavy atom. The number of anilines is 1. The van der Waals surface area contributed by atoms with Gasteiger partial charge in [0.05, 0.1) is 17.0 Å². The molecule has 2 rings (SSSR count). The molecule has 1 N–H and O–H groups in total. The smallest absolute Gasteiger partial charge is 0.338 e. The van der Waals surface area contributed by atoms with Crippen LogP contribution in [-0.4, -0.2) is 33.2 Å². The van der Waals surface area contributed by atoms with Crippen LogP contribution in [0.25, 0.3) is 0 Å². The molecule has 0 radical (unpaired) electrons. The number of halogens is 2. The van der Waals surface area contributed by atoms with Gasteiger partial charge in [-0.25, -0.2) is 22.0 Å². The van der Waals surface area contributed by atoms with Crippen molar-refractivity contribution in [3.05, 3.63) is 65.2 Å². The van der Waals surface area contributed by atoms with Crippen molar-refractivity contribution in [2.75, 3.05) is 18.2 Å². The Morgan fingerprint density at radius 3 is 2.50 bits per heavy atom. The summed E-state index contributed by atoms with van der Waals surface area (Å²) in [5.74, 6) is -3.64.